The van der Waals surface area contributed by atoms with Gasteiger partial charge in [0.2, 0.25) is 0 Å². The van der Waals surface area contributed by atoms with Gasteiger partial charge in [-0.1, -0.05) is 19.2 Å². The molecule has 0 aliphatic carbocycles. The van der Waals surface area contributed by atoms with E-state index in [1.165, 1.54) is 12.8 Å². The van der Waals surface area contributed by atoms with Crippen LogP contribution in [0.25, 0.3) is 12.2 Å². The van der Waals surface area contributed by atoms with Crippen molar-refractivity contribution in [2.45, 2.75) is 18.9 Å². The van der Waals surface area contributed by atoms with Crippen molar-refractivity contribution in [1.29, 1.82) is 0 Å². The smallest absolute Gasteiger partial charge is 0.138 e. The number of hydrogen-bond acceptors (Lipinski definition) is 3. The van der Waals surface area contributed by atoms with E-state index in [-0.39, 0.29) is 12.4 Å². The van der Waals surface area contributed by atoms with Gasteiger partial charge in [0, 0.05) is 11.6 Å². The molecule has 1 N–H and O–H groups in total. The first-order valence-electron chi connectivity index (χ1n) is 5.94. The van der Waals surface area contributed by atoms with E-state index in [0.29, 0.717) is 12.6 Å². The molecule has 1 atom stereocenters. The van der Waals surface area contributed by atoms with E-state index in [1.54, 1.807) is 18.3 Å². The molecule has 0 spiro atoms. The van der Waals surface area contributed by atoms with Gasteiger partial charge in [0.25, 0.3) is 0 Å². The average Bonchev–Trinajstić information content (AvgIpc) is 2.89. The Morgan fingerprint density at radius 1 is 1.44 bits per heavy atom. The van der Waals surface area contributed by atoms with E-state index in [2.05, 4.69) is 23.5 Å². The molecule has 2 rings (SSSR count). The van der Waals surface area contributed by atoms with Gasteiger partial charge in [-0.2, -0.15) is 0 Å². The molecule has 0 bridgehead atoms. The topological polar surface area (TPSA) is 34.1 Å². The lowest BCUT2D eigenvalue weighted by Crippen LogP contribution is -2.28. The summed E-state index contributed by atoms with van der Waals surface area (Å²) in [6.07, 6.45) is 7.65. The predicted octanol–water partition coefficient (Wildman–Crippen LogP) is 2.92. The summed E-state index contributed by atoms with van der Waals surface area (Å²) in [6.45, 7) is 9.28. The van der Waals surface area contributed by atoms with Crippen molar-refractivity contribution < 1.29 is 4.74 Å². The second-order valence-corrected chi connectivity index (χ2v) is 4.16. The number of pyridine rings is 1. The molecule has 2 heterocycles. The molecule has 18 heavy (non-hydrogen) atoms. The number of hydrogen-bond donors (Lipinski definition) is 1. The molecular formula is C14H19ClN2O. The fraction of sp³-hybridized carbons (Fsp3) is 0.357. The highest BCUT2D eigenvalue weighted by molar-refractivity contribution is 5.85. The molecule has 1 aromatic rings. The first kappa shape index (κ1) is 14.7. The van der Waals surface area contributed by atoms with Crippen LogP contribution >= 0.6 is 12.4 Å². The van der Waals surface area contributed by atoms with E-state index >= 15 is 0 Å². The van der Waals surface area contributed by atoms with E-state index in [0.717, 1.165) is 23.6 Å². The quantitative estimate of drug-likeness (QED) is 0.890. The van der Waals surface area contributed by atoms with Crippen molar-refractivity contribution in [2.24, 2.45) is 0 Å². The summed E-state index contributed by atoms with van der Waals surface area (Å²) in [6, 6.07) is 2.42. The first-order chi connectivity index (χ1) is 8.33. The number of nitrogens with zero attached hydrogens (tertiary/aromatic N) is 1. The van der Waals surface area contributed by atoms with Crippen molar-refractivity contribution >= 4 is 24.6 Å². The highest BCUT2D eigenvalue weighted by Crippen LogP contribution is 2.18. The first-order valence-corrected chi connectivity index (χ1v) is 5.94. The molecule has 1 aliphatic heterocycles. The lowest BCUT2D eigenvalue weighted by Gasteiger charge is -2.12. The molecule has 1 fully saturated rings. The summed E-state index contributed by atoms with van der Waals surface area (Å²) in [5, 5.41) is 3.40. The average molecular weight is 267 g/mol. The molecule has 1 aromatic heterocycles. The van der Waals surface area contributed by atoms with Gasteiger partial charge in [0.1, 0.15) is 12.4 Å². The fourth-order valence-electron chi connectivity index (χ4n) is 1.98. The Labute approximate surface area is 114 Å². The maximum Gasteiger partial charge on any atom is 0.138 e. The molecule has 1 aliphatic rings. The van der Waals surface area contributed by atoms with E-state index in [1.807, 2.05) is 6.07 Å². The molecule has 0 saturated carbocycles. The van der Waals surface area contributed by atoms with E-state index < -0.39 is 0 Å². The molecule has 0 amide bonds. The van der Waals surface area contributed by atoms with Crippen molar-refractivity contribution in [1.82, 2.24) is 10.3 Å². The van der Waals surface area contributed by atoms with Gasteiger partial charge in [-0.25, -0.2) is 0 Å². The molecule has 4 heteroatoms. The van der Waals surface area contributed by atoms with Crippen LogP contribution in [-0.4, -0.2) is 24.2 Å². The van der Waals surface area contributed by atoms with Crippen LogP contribution in [0.5, 0.6) is 5.75 Å². The molecule has 0 aromatic carbocycles. The van der Waals surface area contributed by atoms with Gasteiger partial charge in [-0.05, 0) is 31.5 Å². The van der Waals surface area contributed by atoms with Gasteiger partial charge < -0.3 is 10.1 Å². The second kappa shape index (κ2) is 7.19. The Bertz CT molecular complexity index is 414. The summed E-state index contributed by atoms with van der Waals surface area (Å²) in [4.78, 5) is 4.28. The van der Waals surface area contributed by atoms with Gasteiger partial charge >= 0.3 is 0 Å². The van der Waals surface area contributed by atoms with Crippen LogP contribution in [0.3, 0.4) is 0 Å². The highest BCUT2D eigenvalue weighted by Gasteiger charge is 2.14. The maximum atomic E-state index is 5.72. The van der Waals surface area contributed by atoms with Gasteiger partial charge in [0.15, 0.2) is 0 Å². The van der Waals surface area contributed by atoms with Gasteiger partial charge in [-0.15, -0.1) is 12.4 Å². The van der Waals surface area contributed by atoms with E-state index in [9.17, 15) is 0 Å². The third kappa shape index (κ3) is 3.59. The molecule has 3 nitrogen and oxygen atoms in total. The Morgan fingerprint density at radius 3 is 2.89 bits per heavy atom. The normalized spacial score (nSPS) is 17.9. The second-order valence-electron chi connectivity index (χ2n) is 4.16. The van der Waals surface area contributed by atoms with Crippen LogP contribution in [-0.2, 0) is 0 Å². The monoisotopic (exact) mass is 266 g/mol. The minimum atomic E-state index is 0. The standard InChI is InChI=1S/C14H18N2O.ClH/c1-3-11-8-13(9-16-14(11)4-2)17-10-12-6-5-7-15-12;/h3-4,8-9,12,15H,1-2,5-7,10H2;1H/t12-;/m0./s1. The summed E-state index contributed by atoms with van der Waals surface area (Å²) < 4.78 is 5.72. The zero-order valence-corrected chi connectivity index (χ0v) is 11.2. The van der Waals surface area contributed by atoms with Gasteiger partial charge in [-0.3, -0.25) is 4.98 Å². The van der Waals surface area contributed by atoms with Crippen molar-refractivity contribution in [3.05, 3.63) is 36.7 Å². The number of nitrogens with one attached hydrogen (secondary N) is 1. The SMILES string of the molecule is C=Cc1cc(OC[C@@H]2CCCN2)cnc1C=C.Cl. The Kier molecular flexibility index (Phi) is 5.89. The zero-order valence-electron chi connectivity index (χ0n) is 10.4. The van der Waals surface area contributed by atoms with Crippen LogP contribution in [0.2, 0.25) is 0 Å². The number of ether oxygens (including phenoxy) is 1. The molecule has 0 radical (unpaired) electrons. The minimum Gasteiger partial charge on any atom is -0.490 e. The zero-order chi connectivity index (χ0) is 12.1. The number of halogens is 1. The summed E-state index contributed by atoms with van der Waals surface area (Å²) in [7, 11) is 0. The highest BCUT2D eigenvalue weighted by atomic mass is 35.5. The van der Waals surface area contributed by atoms with Crippen LogP contribution in [0.15, 0.2) is 25.4 Å². The number of rotatable bonds is 5. The molecule has 98 valence electrons. The van der Waals surface area contributed by atoms with Crippen LogP contribution in [0.4, 0.5) is 0 Å². The van der Waals surface area contributed by atoms with Crippen LogP contribution in [0, 0.1) is 0 Å². The third-order valence-corrected chi connectivity index (χ3v) is 2.95. The summed E-state index contributed by atoms with van der Waals surface area (Å²) >= 11 is 0. The number of aromatic nitrogens is 1. The molecular weight excluding hydrogens is 248 g/mol. The lowest BCUT2D eigenvalue weighted by molar-refractivity contribution is 0.276. The third-order valence-electron chi connectivity index (χ3n) is 2.95. The maximum absolute atomic E-state index is 5.72. The Hall–Kier alpha value is -1.32. The summed E-state index contributed by atoms with van der Waals surface area (Å²) in [5.74, 6) is 0.791. The van der Waals surface area contributed by atoms with E-state index in [4.69, 9.17) is 4.74 Å². The van der Waals surface area contributed by atoms with Crippen molar-refractivity contribution in [3.63, 3.8) is 0 Å². The van der Waals surface area contributed by atoms with Crippen molar-refractivity contribution in [3.8, 4) is 5.75 Å². The van der Waals surface area contributed by atoms with Crippen LogP contribution in [0.1, 0.15) is 24.1 Å². The lowest BCUT2D eigenvalue weighted by atomic mass is 10.2. The Morgan fingerprint density at radius 2 is 2.28 bits per heavy atom. The molecule has 0 unspecified atom stereocenters. The minimum absolute atomic E-state index is 0. The largest absolute Gasteiger partial charge is 0.490 e. The predicted molar refractivity (Wildman–Crippen MR) is 78.2 cm³/mol. The van der Waals surface area contributed by atoms with Crippen molar-refractivity contribution in [2.75, 3.05) is 13.2 Å². The van der Waals surface area contributed by atoms with Gasteiger partial charge in [0.05, 0.1) is 11.9 Å². The fourth-order valence-corrected chi connectivity index (χ4v) is 1.98. The summed E-state index contributed by atoms with van der Waals surface area (Å²) in [5.41, 5.74) is 1.79. The van der Waals surface area contributed by atoms with Crippen LogP contribution < -0.4 is 10.1 Å². The molecule has 1 saturated heterocycles. The Balaban J connectivity index is 0.00000162.